The number of hydrogen-bond acceptors (Lipinski definition) is 3. The molecular weight excluding hydrogens is 176 g/mol. The summed E-state index contributed by atoms with van der Waals surface area (Å²) in [7, 11) is 1.64. The number of halogens is 1. The minimum Gasteiger partial charge on any atom is -0.381 e. The Hall–Kier alpha value is -0.930. The van der Waals surface area contributed by atoms with Crippen LogP contribution in [0.15, 0.2) is 18.3 Å². The van der Waals surface area contributed by atoms with E-state index in [1.807, 2.05) is 12.2 Å². The summed E-state index contributed by atoms with van der Waals surface area (Å²) in [5, 5.41) is 0.259. The molecule has 0 aliphatic rings. The maximum atomic E-state index is 5.57. The van der Waals surface area contributed by atoms with Crippen molar-refractivity contribution in [3.05, 3.63) is 29.3 Å². The lowest BCUT2D eigenvalue weighted by Crippen LogP contribution is -1.85. The van der Waals surface area contributed by atoms with Crippen molar-refractivity contribution in [2.45, 2.75) is 0 Å². The second kappa shape index (κ2) is 4.85. The van der Waals surface area contributed by atoms with Gasteiger partial charge in [-0.05, 0) is 23.7 Å². The molecule has 0 saturated carbocycles. The molecule has 12 heavy (non-hydrogen) atoms. The van der Waals surface area contributed by atoms with Gasteiger partial charge in [-0.25, -0.2) is 9.97 Å². The molecule has 64 valence electrons. The fourth-order valence-electron chi connectivity index (χ4n) is 0.706. The average molecular weight is 185 g/mol. The minimum atomic E-state index is 0.259. The van der Waals surface area contributed by atoms with E-state index in [4.69, 9.17) is 16.3 Å². The quantitative estimate of drug-likeness (QED) is 0.672. The van der Waals surface area contributed by atoms with Gasteiger partial charge in [0.15, 0.2) is 0 Å². The summed E-state index contributed by atoms with van der Waals surface area (Å²) in [6.45, 7) is 0.571. The normalized spacial score (nSPS) is 10.8. The molecule has 0 bridgehead atoms. The largest absolute Gasteiger partial charge is 0.381 e. The van der Waals surface area contributed by atoms with Gasteiger partial charge in [0.05, 0.1) is 12.3 Å². The first-order valence-electron chi connectivity index (χ1n) is 3.47. The third-order valence-electron chi connectivity index (χ3n) is 1.20. The molecule has 0 aromatic carbocycles. The number of ether oxygens (including phenoxy) is 1. The van der Waals surface area contributed by atoms with Gasteiger partial charge < -0.3 is 4.74 Å². The molecule has 0 unspecified atom stereocenters. The SMILES string of the molecule is COCC=Cc1ccnc(Cl)n1. The number of aromatic nitrogens is 2. The Morgan fingerprint density at radius 2 is 2.50 bits per heavy atom. The Kier molecular flexibility index (Phi) is 3.70. The molecule has 0 aliphatic carbocycles. The molecule has 0 amide bonds. The predicted octanol–water partition coefficient (Wildman–Crippen LogP) is 1.79. The van der Waals surface area contributed by atoms with E-state index >= 15 is 0 Å². The fourth-order valence-corrected chi connectivity index (χ4v) is 0.860. The van der Waals surface area contributed by atoms with E-state index < -0.39 is 0 Å². The number of nitrogens with zero attached hydrogens (tertiary/aromatic N) is 2. The van der Waals surface area contributed by atoms with Crippen LogP contribution in [0.2, 0.25) is 5.28 Å². The molecule has 4 heteroatoms. The smallest absolute Gasteiger partial charge is 0.222 e. The van der Waals surface area contributed by atoms with Crippen LogP contribution in [0.1, 0.15) is 5.69 Å². The third kappa shape index (κ3) is 2.98. The van der Waals surface area contributed by atoms with Crippen molar-refractivity contribution >= 4 is 17.7 Å². The van der Waals surface area contributed by atoms with Gasteiger partial charge in [-0.15, -0.1) is 0 Å². The van der Waals surface area contributed by atoms with Gasteiger partial charge in [0, 0.05) is 13.3 Å². The lowest BCUT2D eigenvalue weighted by atomic mass is 10.4. The second-order valence-corrected chi connectivity index (χ2v) is 2.45. The molecule has 0 atom stereocenters. The Labute approximate surface area is 76.1 Å². The topological polar surface area (TPSA) is 35.0 Å². The predicted molar refractivity (Wildman–Crippen MR) is 48.0 cm³/mol. The van der Waals surface area contributed by atoms with E-state index in [2.05, 4.69) is 9.97 Å². The average Bonchev–Trinajstić information content (AvgIpc) is 2.05. The Balaban J connectivity index is 2.63. The second-order valence-electron chi connectivity index (χ2n) is 2.11. The zero-order valence-electron chi connectivity index (χ0n) is 6.70. The van der Waals surface area contributed by atoms with Crippen LogP contribution in [0.3, 0.4) is 0 Å². The van der Waals surface area contributed by atoms with Crippen molar-refractivity contribution < 1.29 is 4.74 Å². The highest BCUT2D eigenvalue weighted by molar-refractivity contribution is 6.28. The molecule has 1 aromatic rings. The van der Waals surface area contributed by atoms with Crippen molar-refractivity contribution in [3.8, 4) is 0 Å². The highest BCUT2D eigenvalue weighted by Gasteiger charge is 1.90. The minimum absolute atomic E-state index is 0.259. The highest BCUT2D eigenvalue weighted by atomic mass is 35.5. The van der Waals surface area contributed by atoms with Crippen molar-refractivity contribution in [3.63, 3.8) is 0 Å². The maximum Gasteiger partial charge on any atom is 0.222 e. The highest BCUT2D eigenvalue weighted by Crippen LogP contribution is 2.02. The molecule has 3 nitrogen and oxygen atoms in total. The van der Waals surface area contributed by atoms with Crippen LogP contribution in [0.4, 0.5) is 0 Å². The lowest BCUT2D eigenvalue weighted by Gasteiger charge is -1.92. The number of methoxy groups -OCH3 is 1. The van der Waals surface area contributed by atoms with Gasteiger partial charge in [0.1, 0.15) is 0 Å². The fraction of sp³-hybridized carbons (Fsp3) is 0.250. The molecule has 0 aliphatic heterocycles. The summed E-state index contributed by atoms with van der Waals surface area (Å²) in [5.74, 6) is 0. The molecule has 0 saturated heterocycles. The summed E-state index contributed by atoms with van der Waals surface area (Å²) in [5.41, 5.74) is 0.784. The van der Waals surface area contributed by atoms with Crippen LogP contribution < -0.4 is 0 Å². The number of rotatable bonds is 3. The zero-order chi connectivity index (χ0) is 8.81. The van der Waals surface area contributed by atoms with E-state index in [1.54, 1.807) is 19.4 Å². The molecule has 0 N–H and O–H groups in total. The summed E-state index contributed by atoms with van der Waals surface area (Å²) in [6, 6.07) is 1.78. The van der Waals surface area contributed by atoms with E-state index in [0.29, 0.717) is 6.61 Å². The summed E-state index contributed by atoms with van der Waals surface area (Å²) >= 11 is 5.57. The van der Waals surface area contributed by atoms with Crippen LogP contribution in [0, 0.1) is 0 Å². The summed E-state index contributed by atoms with van der Waals surface area (Å²) in [4.78, 5) is 7.71. The van der Waals surface area contributed by atoms with Gasteiger partial charge in [-0.1, -0.05) is 6.08 Å². The van der Waals surface area contributed by atoms with Gasteiger partial charge in [-0.3, -0.25) is 0 Å². The Morgan fingerprint density at radius 3 is 3.17 bits per heavy atom. The first-order valence-corrected chi connectivity index (χ1v) is 3.85. The standard InChI is InChI=1S/C8H9ClN2O/c1-12-6-2-3-7-4-5-10-8(9)11-7/h2-5H,6H2,1H3. The Morgan fingerprint density at radius 1 is 1.67 bits per heavy atom. The van der Waals surface area contributed by atoms with Crippen LogP contribution >= 0.6 is 11.6 Å². The van der Waals surface area contributed by atoms with Gasteiger partial charge >= 0.3 is 0 Å². The molecule has 0 spiro atoms. The molecule has 1 aromatic heterocycles. The van der Waals surface area contributed by atoms with Crippen molar-refractivity contribution in [1.29, 1.82) is 0 Å². The van der Waals surface area contributed by atoms with E-state index in [1.165, 1.54) is 0 Å². The third-order valence-corrected chi connectivity index (χ3v) is 1.38. The van der Waals surface area contributed by atoms with Crippen molar-refractivity contribution in [1.82, 2.24) is 9.97 Å². The zero-order valence-corrected chi connectivity index (χ0v) is 7.45. The first-order chi connectivity index (χ1) is 5.83. The monoisotopic (exact) mass is 184 g/mol. The number of hydrogen-bond donors (Lipinski definition) is 0. The molecule has 0 fully saturated rings. The molecule has 1 rings (SSSR count). The van der Waals surface area contributed by atoms with Crippen LogP contribution in [-0.2, 0) is 4.74 Å². The Bertz CT molecular complexity index is 276. The molecular formula is C8H9ClN2O. The summed E-state index contributed by atoms with van der Waals surface area (Å²) in [6.07, 6.45) is 5.30. The van der Waals surface area contributed by atoms with Crippen molar-refractivity contribution in [2.75, 3.05) is 13.7 Å². The molecule has 1 heterocycles. The van der Waals surface area contributed by atoms with Gasteiger partial charge in [0.25, 0.3) is 0 Å². The maximum absolute atomic E-state index is 5.57. The first kappa shape index (κ1) is 9.16. The van der Waals surface area contributed by atoms with Crippen LogP contribution in [-0.4, -0.2) is 23.7 Å². The van der Waals surface area contributed by atoms with Gasteiger partial charge in [0.2, 0.25) is 5.28 Å². The molecule has 0 radical (unpaired) electrons. The van der Waals surface area contributed by atoms with Crippen LogP contribution in [0.5, 0.6) is 0 Å². The van der Waals surface area contributed by atoms with E-state index in [9.17, 15) is 0 Å². The van der Waals surface area contributed by atoms with Crippen LogP contribution in [0.25, 0.3) is 6.08 Å². The van der Waals surface area contributed by atoms with E-state index in [-0.39, 0.29) is 5.28 Å². The van der Waals surface area contributed by atoms with Gasteiger partial charge in [-0.2, -0.15) is 0 Å². The lowest BCUT2D eigenvalue weighted by molar-refractivity contribution is 0.234. The van der Waals surface area contributed by atoms with Crippen molar-refractivity contribution in [2.24, 2.45) is 0 Å². The summed E-state index contributed by atoms with van der Waals surface area (Å²) < 4.78 is 4.83. The van der Waals surface area contributed by atoms with E-state index in [0.717, 1.165) is 5.69 Å².